The molecule has 0 aliphatic carbocycles. The van der Waals surface area contributed by atoms with Crippen LogP contribution in [-0.2, 0) is 6.61 Å². The van der Waals surface area contributed by atoms with E-state index in [1.807, 2.05) is 11.4 Å². The number of hydrogen-bond donors (Lipinski definition) is 2. The number of aliphatic hydroxyl groups excluding tert-OH is 1. The van der Waals surface area contributed by atoms with E-state index in [9.17, 15) is 0 Å². The van der Waals surface area contributed by atoms with Crippen molar-refractivity contribution >= 4 is 22.3 Å². The molecule has 14 heavy (non-hydrogen) atoms. The average Bonchev–Trinajstić information content (AvgIpc) is 2.67. The van der Waals surface area contributed by atoms with Gasteiger partial charge in [-0.15, -0.1) is 11.3 Å². The van der Waals surface area contributed by atoms with Crippen LogP contribution in [0.2, 0.25) is 0 Å². The zero-order valence-corrected chi connectivity index (χ0v) is 8.16. The number of nitrogens with zero attached hydrogens (tertiary/aromatic N) is 2. The van der Waals surface area contributed by atoms with Crippen molar-refractivity contribution in [2.75, 3.05) is 5.32 Å². The van der Waals surface area contributed by atoms with Gasteiger partial charge in [-0.05, 0) is 23.1 Å². The van der Waals surface area contributed by atoms with E-state index in [0.29, 0.717) is 5.95 Å². The normalized spacial score (nSPS) is 10.1. The maximum Gasteiger partial charge on any atom is 0.227 e. The molecule has 0 bridgehead atoms. The molecule has 5 heteroatoms. The number of thiophene rings is 1. The van der Waals surface area contributed by atoms with Crippen LogP contribution in [0, 0.1) is 0 Å². The van der Waals surface area contributed by atoms with Crippen LogP contribution in [0.15, 0.2) is 29.9 Å². The lowest BCUT2D eigenvalue weighted by atomic mass is 10.4. The molecule has 0 radical (unpaired) electrons. The first-order valence-corrected chi connectivity index (χ1v) is 4.99. The van der Waals surface area contributed by atoms with E-state index < -0.39 is 0 Å². The summed E-state index contributed by atoms with van der Waals surface area (Å²) in [5.41, 5.74) is 0.897. The van der Waals surface area contributed by atoms with Crippen molar-refractivity contribution in [2.45, 2.75) is 6.61 Å². The Morgan fingerprint density at radius 3 is 2.79 bits per heavy atom. The third-order valence-electron chi connectivity index (χ3n) is 1.64. The number of anilines is 2. The Hall–Kier alpha value is -1.46. The Balaban J connectivity index is 2.11. The van der Waals surface area contributed by atoms with Crippen molar-refractivity contribution in [3.8, 4) is 0 Å². The molecule has 0 saturated heterocycles. The number of aromatic nitrogens is 2. The van der Waals surface area contributed by atoms with Crippen molar-refractivity contribution < 1.29 is 5.11 Å². The fourth-order valence-electron chi connectivity index (χ4n) is 0.998. The third-order valence-corrected chi connectivity index (χ3v) is 2.53. The number of nitrogens with one attached hydrogen (secondary N) is 1. The number of hydrogen-bond acceptors (Lipinski definition) is 5. The Labute approximate surface area is 85.3 Å². The first-order valence-electron chi connectivity index (χ1n) is 4.11. The molecule has 2 aromatic rings. The van der Waals surface area contributed by atoms with Crippen LogP contribution in [0.3, 0.4) is 0 Å². The van der Waals surface area contributed by atoms with Crippen molar-refractivity contribution in [3.05, 3.63) is 35.5 Å². The summed E-state index contributed by atoms with van der Waals surface area (Å²) in [6.07, 6.45) is 3.35. The Bertz CT molecular complexity index is 401. The predicted octanol–water partition coefficient (Wildman–Crippen LogP) is 1.77. The molecule has 2 heterocycles. The quantitative estimate of drug-likeness (QED) is 0.805. The lowest BCUT2D eigenvalue weighted by Crippen LogP contribution is -1.93. The van der Waals surface area contributed by atoms with E-state index in [1.54, 1.807) is 18.5 Å². The highest BCUT2D eigenvalue weighted by molar-refractivity contribution is 7.14. The van der Waals surface area contributed by atoms with Gasteiger partial charge in [0.1, 0.15) is 0 Å². The minimum atomic E-state index is 0.0633. The smallest absolute Gasteiger partial charge is 0.227 e. The summed E-state index contributed by atoms with van der Waals surface area (Å²) in [7, 11) is 0. The van der Waals surface area contributed by atoms with Crippen LogP contribution in [0.1, 0.15) is 5.56 Å². The van der Waals surface area contributed by atoms with Crippen molar-refractivity contribution in [3.63, 3.8) is 0 Å². The zero-order chi connectivity index (χ0) is 9.80. The zero-order valence-electron chi connectivity index (χ0n) is 7.34. The van der Waals surface area contributed by atoms with Gasteiger partial charge >= 0.3 is 0 Å². The molecule has 0 aliphatic rings. The Morgan fingerprint density at radius 2 is 2.14 bits per heavy atom. The molecule has 0 aliphatic heterocycles. The SMILES string of the molecule is OCc1csc(Nc2ncccn2)c1. The highest BCUT2D eigenvalue weighted by Gasteiger charge is 1.99. The number of aliphatic hydroxyl groups is 1. The van der Waals surface area contributed by atoms with Crippen LogP contribution >= 0.6 is 11.3 Å². The molecular formula is C9H9N3OS. The molecular weight excluding hydrogens is 198 g/mol. The van der Waals surface area contributed by atoms with Gasteiger partial charge in [0.25, 0.3) is 0 Å². The van der Waals surface area contributed by atoms with Crippen LogP contribution in [0.4, 0.5) is 10.9 Å². The van der Waals surface area contributed by atoms with E-state index >= 15 is 0 Å². The minimum absolute atomic E-state index is 0.0633. The van der Waals surface area contributed by atoms with Gasteiger partial charge in [0.05, 0.1) is 11.6 Å². The van der Waals surface area contributed by atoms with Gasteiger partial charge in [-0.25, -0.2) is 9.97 Å². The fourth-order valence-corrected chi connectivity index (χ4v) is 1.79. The molecule has 0 fully saturated rings. The first kappa shape index (κ1) is 9.11. The molecule has 4 nitrogen and oxygen atoms in total. The lowest BCUT2D eigenvalue weighted by Gasteiger charge is -1.98. The second-order valence-corrected chi connectivity index (χ2v) is 3.59. The van der Waals surface area contributed by atoms with Crippen molar-refractivity contribution in [2.24, 2.45) is 0 Å². The van der Waals surface area contributed by atoms with Crippen molar-refractivity contribution in [1.82, 2.24) is 9.97 Å². The van der Waals surface area contributed by atoms with E-state index in [1.165, 1.54) is 11.3 Å². The molecule has 0 spiro atoms. The molecule has 2 aromatic heterocycles. The number of rotatable bonds is 3. The van der Waals surface area contributed by atoms with E-state index in [-0.39, 0.29) is 6.61 Å². The molecule has 72 valence electrons. The second kappa shape index (κ2) is 4.17. The summed E-state index contributed by atoms with van der Waals surface area (Å²) in [4.78, 5) is 8.06. The highest BCUT2D eigenvalue weighted by atomic mass is 32.1. The molecule has 2 N–H and O–H groups in total. The van der Waals surface area contributed by atoms with Crippen LogP contribution in [-0.4, -0.2) is 15.1 Å². The van der Waals surface area contributed by atoms with Crippen LogP contribution in [0.25, 0.3) is 0 Å². The van der Waals surface area contributed by atoms with Gasteiger partial charge < -0.3 is 10.4 Å². The summed E-state index contributed by atoms with van der Waals surface area (Å²) in [6.45, 7) is 0.0633. The molecule has 0 aromatic carbocycles. The van der Waals surface area contributed by atoms with Crippen molar-refractivity contribution in [1.29, 1.82) is 0 Å². The van der Waals surface area contributed by atoms with Crippen LogP contribution < -0.4 is 5.32 Å². The monoisotopic (exact) mass is 207 g/mol. The standard InChI is InChI=1S/C9H9N3OS/c13-5-7-4-8(14-6-7)12-9-10-2-1-3-11-9/h1-4,6,13H,5H2,(H,10,11,12). The summed E-state index contributed by atoms with van der Waals surface area (Å²) < 4.78 is 0. The average molecular weight is 207 g/mol. The summed E-state index contributed by atoms with van der Waals surface area (Å²) >= 11 is 1.52. The maximum atomic E-state index is 8.86. The van der Waals surface area contributed by atoms with E-state index in [0.717, 1.165) is 10.6 Å². The molecule has 0 amide bonds. The molecule has 0 atom stereocenters. The van der Waals surface area contributed by atoms with Gasteiger partial charge in [0, 0.05) is 12.4 Å². The summed E-state index contributed by atoms with van der Waals surface area (Å²) in [5.74, 6) is 0.568. The first-order chi connectivity index (χ1) is 6.88. The minimum Gasteiger partial charge on any atom is -0.392 e. The summed E-state index contributed by atoms with van der Waals surface area (Å²) in [6, 6.07) is 3.64. The molecule has 2 rings (SSSR count). The van der Waals surface area contributed by atoms with Gasteiger partial charge in [-0.2, -0.15) is 0 Å². The predicted molar refractivity (Wildman–Crippen MR) is 55.6 cm³/mol. The highest BCUT2D eigenvalue weighted by Crippen LogP contribution is 2.22. The van der Waals surface area contributed by atoms with Gasteiger partial charge in [0.15, 0.2) is 0 Å². The second-order valence-electron chi connectivity index (χ2n) is 2.67. The maximum absolute atomic E-state index is 8.86. The van der Waals surface area contributed by atoms with Gasteiger partial charge in [0.2, 0.25) is 5.95 Å². The molecule has 0 unspecified atom stereocenters. The van der Waals surface area contributed by atoms with E-state index in [2.05, 4.69) is 15.3 Å². The lowest BCUT2D eigenvalue weighted by molar-refractivity contribution is 0.282. The van der Waals surface area contributed by atoms with E-state index in [4.69, 9.17) is 5.11 Å². The van der Waals surface area contributed by atoms with Gasteiger partial charge in [-0.1, -0.05) is 0 Å². The Morgan fingerprint density at radius 1 is 1.36 bits per heavy atom. The van der Waals surface area contributed by atoms with Crippen LogP contribution in [0.5, 0.6) is 0 Å². The largest absolute Gasteiger partial charge is 0.392 e. The van der Waals surface area contributed by atoms with Gasteiger partial charge in [-0.3, -0.25) is 0 Å². The fraction of sp³-hybridized carbons (Fsp3) is 0.111. The third kappa shape index (κ3) is 2.07. The topological polar surface area (TPSA) is 58.0 Å². The summed E-state index contributed by atoms with van der Waals surface area (Å²) in [5, 5.41) is 14.7. The molecule has 0 saturated carbocycles. The Kier molecular flexibility index (Phi) is 2.71.